The Bertz CT molecular complexity index is 748. The third-order valence-electron chi connectivity index (χ3n) is 2.78. The summed E-state index contributed by atoms with van der Waals surface area (Å²) < 4.78 is 5.25. The Balaban J connectivity index is 3.49. The molecule has 1 rings (SSSR count). The Hall–Kier alpha value is -0.340. The molecule has 0 fully saturated rings. The van der Waals surface area contributed by atoms with Crippen LogP contribution in [0.4, 0.5) is 5.69 Å². The van der Waals surface area contributed by atoms with E-state index in [4.69, 9.17) is 20.1 Å². The van der Waals surface area contributed by atoms with Crippen molar-refractivity contribution in [2.45, 2.75) is 5.97 Å². The summed E-state index contributed by atoms with van der Waals surface area (Å²) >= 11 is 5.18. The lowest BCUT2D eigenvalue weighted by atomic mass is 10.1. The topological polar surface area (TPSA) is 165 Å². The number of halogens is 3. The quantitative estimate of drug-likeness (QED) is 0.172. The second-order valence-electron chi connectivity index (χ2n) is 4.81. The standard InChI is InChI=1S/C13H13I3N2O8/c1-26-2-4(19)18-10-8(15)5(11(20)17-3-13(23,24)25)7(14)6(9(10)16)12(21)22/h23-25H,2-3H2,1H3,(H,17,20)(H,18,19)(H,21,22). The van der Waals surface area contributed by atoms with Crippen molar-refractivity contribution in [1.29, 1.82) is 0 Å². The van der Waals surface area contributed by atoms with Gasteiger partial charge in [0.15, 0.2) is 0 Å². The molecule has 13 heteroatoms. The predicted molar refractivity (Wildman–Crippen MR) is 114 cm³/mol. The Kier molecular flexibility index (Phi) is 8.87. The molecule has 0 bridgehead atoms. The second kappa shape index (κ2) is 9.73. The molecule has 0 spiro atoms. The van der Waals surface area contributed by atoms with Crippen molar-refractivity contribution in [2.24, 2.45) is 0 Å². The number of nitrogens with one attached hydrogen (secondary N) is 2. The number of carbonyl (C=O) groups excluding carboxylic acids is 2. The van der Waals surface area contributed by atoms with Gasteiger partial charge in [0, 0.05) is 10.7 Å². The first-order valence-corrected chi connectivity index (χ1v) is 9.82. The van der Waals surface area contributed by atoms with E-state index < -0.39 is 30.3 Å². The Labute approximate surface area is 188 Å². The van der Waals surface area contributed by atoms with Gasteiger partial charge in [-0.1, -0.05) is 0 Å². The predicted octanol–water partition coefficient (Wildman–Crippen LogP) is 0.144. The maximum atomic E-state index is 12.4. The number of hydrogen-bond donors (Lipinski definition) is 6. The molecular weight excluding hydrogens is 693 g/mol. The van der Waals surface area contributed by atoms with Gasteiger partial charge in [-0.3, -0.25) is 9.59 Å². The lowest BCUT2D eigenvalue weighted by Gasteiger charge is -2.19. The number of anilines is 1. The maximum absolute atomic E-state index is 12.4. The summed E-state index contributed by atoms with van der Waals surface area (Å²) in [6, 6.07) is 0. The Morgan fingerprint density at radius 1 is 1.04 bits per heavy atom. The van der Waals surface area contributed by atoms with Gasteiger partial charge in [0.1, 0.15) is 6.61 Å². The van der Waals surface area contributed by atoms with E-state index in [1.807, 2.05) is 0 Å². The molecule has 0 aromatic heterocycles. The first-order chi connectivity index (χ1) is 11.9. The van der Waals surface area contributed by atoms with E-state index in [1.165, 1.54) is 7.11 Å². The molecule has 0 saturated carbocycles. The molecule has 1 aromatic carbocycles. The smallest absolute Gasteiger partial charge is 0.337 e. The summed E-state index contributed by atoms with van der Waals surface area (Å²) in [6.07, 6.45) is 0. The van der Waals surface area contributed by atoms with Gasteiger partial charge in [-0.05, 0) is 67.8 Å². The van der Waals surface area contributed by atoms with Crippen LogP contribution in [0.1, 0.15) is 20.7 Å². The van der Waals surface area contributed by atoms with Gasteiger partial charge in [0.05, 0.1) is 30.5 Å². The van der Waals surface area contributed by atoms with Crippen LogP contribution in [-0.4, -0.2) is 64.4 Å². The normalized spacial score (nSPS) is 11.2. The van der Waals surface area contributed by atoms with Gasteiger partial charge in [-0.15, -0.1) is 0 Å². The van der Waals surface area contributed by atoms with Crippen molar-refractivity contribution < 1.29 is 39.5 Å². The van der Waals surface area contributed by atoms with E-state index in [0.717, 1.165) is 0 Å². The zero-order valence-electron chi connectivity index (χ0n) is 13.0. The molecule has 6 N–H and O–H groups in total. The number of carboxylic acid groups (broad SMARTS) is 1. The highest BCUT2D eigenvalue weighted by atomic mass is 127. The second-order valence-corrected chi connectivity index (χ2v) is 8.05. The fourth-order valence-electron chi connectivity index (χ4n) is 1.75. The summed E-state index contributed by atoms with van der Waals surface area (Å²) in [5.41, 5.74) is -0.187. The van der Waals surface area contributed by atoms with Crippen LogP contribution in [0.3, 0.4) is 0 Å². The van der Waals surface area contributed by atoms with Gasteiger partial charge < -0.3 is 35.8 Å². The number of ether oxygens (including phenoxy) is 1. The number of aliphatic hydroxyl groups is 3. The summed E-state index contributed by atoms with van der Waals surface area (Å²) in [5, 5.41) is 40.7. The summed E-state index contributed by atoms with van der Waals surface area (Å²) in [7, 11) is 1.32. The number of amides is 2. The zero-order chi connectivity index (χ0) is 20.2. The minimum absolute atomic E-state index is 0.0885. The molecule has 0 radical (unpaired) electrons. The van der Waals surface area contributed by atoms with Gasteiger partial charge in [0.2, 0.25) is 5.91 Å². The molecule has 0 atom stereocenters. The van der Waals surface area contributed by atoms with E-state index in [2.05, 4.69) is 10.6 Å². The van der Waals surface area contributed by atoms with Crippen molar-refractivity contribution >= 4 is 91.2 Å². The molecule has 0 unspecified atom stereocenters. The molecule has 26 heavy (non-hydrogen) atoms. The zero-order valence-corrected chi connectivity index (χ0v) is 19.4. The van der Waals surface area contributed by atoms with Gasteiger partial charge in [-0.2, -0.15) is 0 Å². The van der Waals surface area contributed by atoms with Crippen LogP contribution >= 0.6 is 67.8 Å². The van der Waals surface area contributed by atoms with Crippen molar-refractivity contribution in [1.82, 2.24) is 5.32 Å². The van der Waals surface area contributed by atoms with Crippen LogP contribution in [0.15, 0.2) is 0 Å². The van der Waals surface area contributed by atoms with Crippen LogP contribution in [0.2, 0.25) is 0 Å². The van der Waals surface area contributed by atoms with E-state index in [1.54, 1.807) is 67.8 Å². The molecule has 0 saturated heterocycles. The van der Waals surface area contributed by atoms with Gasteiger partial charge in [0.25, 0.3) is 11.9 Å². The molecule has 0 aliphatic rings. The lowest BCUT2D eigenvalue weighted by Crippen LogP contribution is -2.43. The van der Waals surface area contributed by atoms with E-state index >= 15 is 0 Å². The van der Waals surface area contributed by atoms with E-state index in [-0.39, 0.29) is 34.1 Å². The summed E-state index contributed by atoms with van der Waals surface area (Å²) in [6.45, 7) is -1.18. The number of carbonyl (C=O) groups is 3. The van der Waals surface area contributed by atoms with Gasteiger partial charge >= 0.3 is 5.97 Å². The molecule has 2 amide bonds. The van der Waals surface area contributed by atoms with Crippen LogP contribution in [0.5, 0.6) is 0 Å². The Morgan fingerprint density at radius 2 is 1.58 bits per heavy atom. The fraction of sp³-hybridized carbons (Fsp3) is 0.308. The van der Waals surface area contributed by atoms with Crippen molar-refractivity contribution in [2.75, 3.05) is 25.6 Å². The van der Waals surface area contributed by atoms with Crippen LogP contribution < -0.4 is 10.6 Å². The largest absolute Gasteiger partial charge is 0.478 e. The van der Waals surface area contributed by atoms with E-state index in [0.29, 0.717) is 0 Å². The fourth-order valence-corrected chi connectivity index (χ4v) is 6.14. The summed E-state index contributed by atoms with van der Waals surface area (Å²) in [4.78, 5) is 35.8. The highest BCUT2D eigenvalue weighted by Crippen LogP contribution is 2.35. The highest BCUT2D eigenvalue weighted by Gasteiger charge is 2.29. The third-order valence-corrected chi connectivity index (χ3v) is 6.02. The van der Waals surface area contributed by atoms with Crippen molar-refractivity contribution in [3.05, 3.63) is 21.8 Å². The minimum atomic E-state index is -3.12. The van der Waals surface area contributed by atoms with Crippen LogP contribution in [-0.2, 0) is 9.53 Å². The molecule has 1 aromatic rings. The molecular formula is C13H13I3N2O8. The summed E-state index contributed by atoms with van der Waals surface area (Å²) in [5.74, 6) is -5.85. The van der Waals surface area contributed by atoms with E-state index in [9.17, 15) is 19.5 Å². The number of hydrogen-bond acceptors (Lipinski definition) is 7. The number of rotatable bonds is 7. The molecule has 0 aliphatic heterocycles. The van der Waals surface area contributed by atoms with Crippen molar-refractivity contribution in [3.63, 3.8) is 0 Å². The average Bonchev–Trinajstić information content (AvgIpc) is 2.48. The number of aromatic carboxylic acids is 1. The van der Waals surface area contributed by atoms with Crippen LogP contribution in [0, 0.1) is 10.7 Å². The molecule has 0 aliphatic carbocycles. The monoisotopic (exact) mass is 706 g/mol. The third kappa shape index (κ3) is 6.09. The van der Waals surface area contributed by atoms with Gasteiger partial charge in [-0.25, -0.2) is 4.79 Å². The average molecular weight is 706 g/mol. The minimum Gasteiger partial charge on any atom is -0.478 e. The lowest BCUT2D eigenvalue weighted by molar-refractivity contribution is -0.305. The SMILES string of the molecule is COCC(=O)Nc1c(I)c(C(=O)O)c(I)c(C(=O)NCC(O)(O)O)c1I. The highest BCUT2D eigenvalue weighted by molar-refractivity contribution is 14.1. The number of carboxylic acids is 1. The molecule has 144 valence electrons. The molecule has 0 heterocycles. The van der Waals surface area contributed by atoms with Crippen molar-refractivity contribution in [3.8, 4) is 0 Å². The number of methoxy groups -OCH3 is 1. The first kappa shape index (κ1) is 23.7. The molecule has 10 nitrogen and oxygen atoms in total. The number of benzene rings is 1. The first-order valence-electron chi connectivity index (χ1n) is 6.58. The van der Waals surface area contributed by atoms with Crippen LogP contribution in [0.25, 0.3) is 0 Å². The Morgan fingerprint density at radius 3 is 2.04 bits per heavy atom. The maximum Gasteiger partial charge on any atom is 0.337 e.